The molecule has 1 aromatic carbocycles. The second-order valence-electron chi connectivity index (χ2n) is 7.56. The van der Waals surface area contributed by atoms with Crippen LogP contribution < -0.4 is 10.5 Å². The van der Waals surface area contributed by atoms with Gasteiger partial charge in [-0.15, -0.1) is 0 Å². The molecule has 1 saturated heterocycles. The Balaban J connectivity index is 1.57. The average molecular weight is 384 g/mol. The zero-order valence-corrected chi connectivity index (χ0v) is 16.3. The number of aromatic nitrogens is 2. The molecule has 0 saturated carbocycles. The van der Waals surface area contributed by atoms with Crippen LogP contribution in [0.25, 0.3) is 0 Å². The Morgan fingerprint density at radius 1 is 1.25 bits per heavy atom. The maximum absolute atomic E-state index is 13.5. The molecule has 0 N–H and O–H groups in total. The van der Waals surface area contributed by atoms with E-state index in [1.165, 1.54) is 12.1 Å². The molecule has 0 bridgehead atoms. The first kappa shape index (κ1) is 18.8. The van der Waals surface area contributed by atoms with E-state index in [9.17, 15) is 14.0 Å². The van der Waals surface area contributed by atoms with E-state index in [1.807, 2.05) is 13.8 Å². The summed E-state index contributed by atoms with van der Waals surface area (Å²) < 4.78 is 15.1. The minimum atomic E-state index is -0.293. The van der Waals surface area contributed by atoms with Crippen molar-refractivity contribution in [3.8, 4) is 0 Å². The maximum atomic E-state index is 13.5. The molecule has 2 aliphatic rings. The molecular formula is C21H25FN4O2. The van der Waals surface area contributed by atoms with Gasteiger partial charge in [-0.05, 0) is 56.9 Å². The van der Waals surface area contributed by atoms with Gasteiger partial charge < -0.3 is 4.90 Å². The molecule has 0 radical (unpaired) electrons. The highest BCUT2D eigenvalue weighted by Crippen LogP contribution is 2.29. The van der Waals surface area contributed by atoms with Gasteiger partial charge in [0.2, 0.25) is 5.91 Å². The number of hydrogen-bond acceptors (Lipinski definition) is 4. The molecule has 4 rings (SSSR count). The fourth-order valence-corrected chi connectivity index (χ4v) is 4.33. The van der Waals surface area contributed by atoms with Gasteiger partial charge in [-0.2, -0.15) is 0 Å². The lowest BCUT2D eigenvalue weighted by molar-refractivity contribution is -0.125. The number of carbonyl (C=O) groups excluding carboxylic acids is 1. The Bertz CT molecular complexity index is 971. The van der Waals surface area contributed by atoms with Crippen LogP contribution in [0.3, 0.4) is 0 Å². The van der Waals surface area contributed by atoms with Crippen LogP contribution in [0.15, 0.2) is 29.3 Å². The van der Waals surface area contributed by atoms with E-state index >= 15 is 0 Å². The summed E-state index contributed by atoms with van der Waals surface area (Å²) in [5, 5.41) is 0. The number of halogens is 1. The first-order chi connectivity index (χ1) is 13.5. The number of hydrogen-bond donors (Lipinski definition) is 0. The molecule has 1 unspecified atom stereocenters. The number of nitrogens with zero attached hydrogens (tertiary/aromatic N) is 4. The first-order valence-electron chi connectivity index (χ1n) is 9.88. The van der Waals surface area contributed by atoms with Crippen molar-refractivity contribution < 1.29 is 9.18 Å². The minimum absolute atomic E-state index is 0.0330. The van der Waals surface area contributed by atoms with E-state index in [1.54, 1.807) is 21.9 Å². The zero-order valence-electron chi connectivity index (χ0n) is 16.3. The van der Waals surface area contributed by atoms with Gasteiger partial charge in [0.1, 0.15) is 5.82 Å². The van der Waals surface area contributed by atoms with Crippen molar-refractivity contribution in [2.24, 2.45) is 0 Å². The molecular weight excluding hydrogens is 359 g/mol. The molecule has 148 valence electrons. The van der Waals surface area contributed by atoms with E-state index in [0.717, 1.165) is 35.3 Å². The minimum Gasteiger partial charge on any atom is -0.311 e. The van der Waals surface area contributed by atoms with Crippen LogP contribution in [0.1, 0.15) is 36.6 Å². The molecule has 1 fully saturated rings. The first-order valence-corrected chi connectivity index (χ1v) is 9.88. The van der Waals surface area contributed by atoms with E-state index in [-0.39, 0.29) is 23.3 Å². The lowest BCUT2D eigenvalue weighted by Crippen LogP contribution is -2.54. The topological polar surface area (TPSA) is 58.4 Å². The Morgan fingerprint density at radius 2 is 2.07 bits per heavy atom. The highest BCUT2D eigenvalue weighted by atomic mass is 19.1. The fraction of sp³-hybridized carbons (Fsp3) is 0.476. The molecule has 0 aliphatic carbocycles. The predicted molar refractivity (Wildman–Crippen MR) is 105 cm³/mol. The van der Waals surface area contributed by atoms with Crippen molar-refractivity contribution in [2.45, 2.75) is 52.2 Å². The summed E-state index contributed by atoms with van der Waals surface area (Å²) in [6.07, 6.45) is 3.89. The quantitative estimate of drug-likeness (QED) is 0.815. The molecule has 6 nitrogen and oxygen atoms in total. The van der Waals surface area contributed by atoms with Crippen LogP contribution in [0, 0.1) is 12.7 Å². The number of fused-ring (bicyclic) bond motifs is 1. The number of benzene rings is 1. The summed E-state index contributed by atoms with van der Waals surface area (Å²) in [6, 6.07) is 4.32. The SMILES string of the molecule is CCn1cnc2c(c1=O)CCN(C1CCCN(c3ccc(F)cc3C)C1=O)C2. The van der Waals surface area contributed by atoms with Gasteiger partial charge in [-0.25, -0.2) is 9.37 Å². The van der Waals surface area contributed by atoms with Crippen LogP contribution in [0.5, 0.6) is 0 Å². The Kier molecular flexibility index (Phi) is 5.02. The summed E-state index contributed by atoms with van der Waals surface area (Å²) in [5.41, 5.74) is 3.13. The Morgan fingerprint density at radius 3 is 2.82 bits per heavy atom. The van der Waals surface area contributed by atoms with Gasteiger partial charge in [0, 0.05) is 37.4 Å². The monoisotopic (exact) mass is 384 g/mol. The lowest BCUT2D eigenvalue weighted by Gasteiger charge is -2.40. The Labute approximate surface area is 163 Å². The highest BCUT2D eigenvalue weighted by Gasteiger charge is 2.36. The number of piperidine rings is 1. The third-order valence-corrected chi connectivity index (χ3v) is 5.86. The average Bonchev–Trinajstić information content (AvgIpc) is 2.69. The molecule has 3 heterocycles. The van der Waals surface area contributed by atoms with E-state index in [2.05, 4.69) is 9.88 Å². The van der Waals surface area contributed by atoms with E-state index in [0.29, 0.717) is 32.6 Å². The molecule has 2 aliphatic heterocycles. The molecule has 2 aromatic rings. The summed E-state index contributed by atoms with van der Waals surface area (Å²) in [6.45, 7) is 6.19. The standard InChI is InChI=1S/C21H25FN4O2/c1-3-24-13-23-17-12-25(10-8-16(17)20(24)27)19-5-4-9-26(21(19)28)18-7-6-15(22)11-14(18)2/h6-7,11,13,19H,3-5,8-10,12H2,1-2H3. The molecule has 1 aromatic heterocycles. The molecule has 0 spiro atoms. The zero-order chi connectivity index (χ0) is 19.8. The van der Waals surface area contributed by atoms with Crippen LogP contribution in [0.4, 0.5) is 10.1 Å². The summed E-state index contributed by atoms with van der Waals surface area (Å²) in [4.78, 5) is 34.1. The highest BCUT2D eigenvalue weighted by molar-refractivity contribution is 5.98. The van der Waals surface area contributed by atoms with Crippen LogP contribution in [-0.2, 0) is 24.3 Å². The largest absolute Gasteiger partial charge is 0.311 e. The summed E-state index contributed by atoms with van der Waals surface area (Å²) in [5.74, 6) is -0.245. The molecule has 28 heavy (non-hydrogen) atoms. The van der Waals surface area contributed by atoms with Crippen molar-refractivity contribution in [1.29, 1.82) is 0 Å². The van der Waals surface area contributed by atoms with Gasteiger partial charge in [0.15, 0.2) is 0 Å². The molecule has 1 atom stereocenters. The van der Waals surface area contributed by atoms with Crippen LogP contribution >= 0.6 is 0 Å². The number of rotatable bonds is 3. The third-order valence-electron chi connectivity index (χ3n) is 5.86. The molecule has 1 amide bonds. The Hall–Kier alpha value is -2.54. The normalized spacial score (nSPS) is 20.3. The molecule has 7 heteroatoms. The van der Waals surface area contributed by atoms with E-state index < -0.39 is 0 Å². The third kappa shape index (κ3) is 3.24. The van der Waals surface area contributed by atoms with Crippen molar-refractivity contribution in [1.82, 2.24) is 14.5 Å². The summed E-state index contributed by atoms with van der Waals surface area (Å²) >= 11 is 0. The van der Waals surface area contributed by atoms with Crippen molar-refractivity contribution >= 4 is 11.6 Å². The number of anilines is 1. The fourth-order valence-electron chi connectivity index (χ4n) is 4.33. The predicted octanol–water partition coefficient (Wildman–Crippen LogP) is 2.26. The van der Waals surface area contributed by atoms with Gasteiger partial charge in [0.25, 0.3) is 5.56 Å². The van der Waals surface area contributed by atoms with E-state index in [4.69, 9.17) is 0 Å². The van der Waals surface area contributed by atoms with Crippen molar-refractivity contribution in [3.05, 3.63) is 57.5 Å². The van der Waals surface area contributed by atoms with Gasteiger partial charge in [0.05, 0.1) is 18.1 Å². The van der Waals surface area contributed by atoms with Crippen LogP contribution in [0.2, 0.25) is 0 Å². The number of aryl methyl sites for hydroxylation is 2. The number of amides is 1. The second kappa shape index (κ2) is 7.47. The maximum Gasteiger partial charge on any atom is 0.256 e. The van der Waals surface area contributed by atoms with Gasteiger partial charge >= 0.3 is 0 Å². The van der Waals surface area contributed by atoms with Crippen molar-refractivity contribution in [3.63, 3.8) is 0 Å². The lowest BCUT2D eigenvalue weighted by atomic mass is 9.97. The smallest absolute Gasteiger partial charge is 0.256 e. The van der Waals surface area contributed by atoms with Crippen molar-refractivity contribution in [2.75, 3.05) is 18.0 Å². The number of carbonyl (C=O) groups is 1. The van der Waals surface area contributed by atoms with Gasteiger partial charge in [-0.3, -0.25) is 19.1 Å². The van der Waals surface area contributed by atoms with Gasteiger partial charge in [-0.1, -0.05) is 0 Å². The van der Waals surface area contributed by atoms with Crippen LogP contribution in [-0.4, -0.2) is 39.5 Å². The second-order valence-corrected chi connectivity index (χ2v) is 7.56. The summed E-state index contributed by atoms with van der Waals surface area (Å²) in [7, 11) is 0.